The normalized spacial score (nSPS) is 11.0. The van der Waals surface area contributed by atoms with E-state index in [2.05, 4.69) is 10.1 Å². The predicted octanol–water partition coefficient (Wildman–Crippen LogP) is 2.18. The zero-order valence-electron chi connectivity index (χ0n) is 10.0. The van der Waals surface area contributed by atoms with Crippen LogP contribution in [0.2, 0.25) is 0 Å². The number of rotatable bonds is 2. The lowest BCUT2D eigenvalue weighted by Gasteiger charge is -2.03. The number of carbonyl (C=O) groups excluding carboxylic acids is 1. The summed E-state index contributed by atoms with van der Waals surface area (Å²) in [5, 5.41) is 5.35. The number of hydrogen-bond acceptors (Lipinski definition) is 3. The van der Waals surface area contributed by atoms with Crippen LogP contribution in [0.3, 0.4) is 0 Å². The van der Waals surface area contributed by atoms with Gasteiger partial charge in [0, 0.05) is 24.5 Å². The highest BCUT2D eigenvalue weighted by atomic mass is 16.1. The predicted molar refractivity (Wildman–Crippen MR) is 62.6 cm³/mol. The first-order chi connectivity index (χ1) is 7.54. The van der Waals surface area contributed by atoms with Crippen molar-refractivity contribution >= 4 is 16.7 Å². The molecule has 2 aromatic heterocycles. The Morgan fingerprint density at radius 1 is 1.44 bits per heavy atom. The Morgan fingerprint density at radius 2 is 2.12 bits per heavy atom. The molecule has 0 fully saturated rings. The molecule has 2 aromatic rings. The summed E-state index contributed by atoms with van der Waals surface area (Å²) < 4.78 is 1.74. The lowest BCUT2D eigenvalue weighted by atomic mass is 10.1. The molecule has 0 spiro atoms. The van der Waals surface area contributed by atoms with Crippen LogP contribution >= 0.6 is 0 Å². The van der Waals surface area contributed by atoms with Crippen LogP contribution in [0.25, 0.3) is 10.9 Å². The molecule has 0 aliphatic carbocycles. The minimum Gasteiger partial charge on any atom is -0.292 e. The second kappa shape index (κ2) is 3.70. The molecule has 0 saturated heterocycles. The Hall–Kier alpha value is -1.71. The zero-order valence-corrected chi connectivity index (χ0v) is 10.0. The van der Waals surface area contributed by atoms with Crippen molar-refractivity contribution in [3.05, 3.63) is 23.1 Å². The first kappa shape index (κ1) is 10.8. The van der Waals surface area contributed by atoms with Crippen molar-refractivity contribution in [3.63, 3.8) is 0 Å². The van der Waals surface area contributed by atoms with Gasteiger partial charge in [-0.3, -0.25) is 9.48 Å². The number of hydrogen-bond donors (Lipinski definition) is 0. The van der Waals surface area contributed by atoms with Crippen molar-refractivity contribution in [1.82, 2.24) is 14.8 Å². The maximum atomic E-state index is 11.8. The number of ketones is 1. The molecule has 0 unspecified atom stereocenters. The third-order valence-corrected chi connectivity index (χ3v) is 2.72. The fourth-order valence-electron chi connectivity index (χ4n) is 1.96. The van der Waals surface area contributed by atoms with E-state index in [9.17, 15) is 4.79 Å². The van der Waals surface area contributed by atoms with Gasteiger partial charge in [0.05, 0.1) is 11.2 Å². The van der Waals surface area contributed by atoms with E-state index < -0.39 is 0 Å². The van der Waals surface area contributed by atoms with Crippen molar-refractivity contribution in [3.8, 4) is 0 Å². The second-order valence-electron chi connectivity index (χ2n) is 3.99. The molecule has 2 rings (SSSR count). The molecule has 84 valence electrons. The Morgan fingerprint density at radius 3 is 2.75 bits per heavy atom. The summed E-state index contributed by atoms with van der Waals surface area (Å²) in [4.78, 5) is 16.2. The highest BCUT2D eigenvalue weighted by Crippen LogP contribution is 2.22. The second-order valence-corrected chi connectivity index (χ2v) is 3.99. The van der Waals surface area contributed by atoms with Gasteiger partial charge >= 0.3 is 0 Å². The number of carbonyl (C=O) groups is 1. The topological polar surface area (TPSA) is 47.8 Å². The SMILES string of the molecule is CCC(=O)c1nc(C)cc2c(C)nn(C)c12. The van der Waals surface area contributed by atoms with E-state index in [1.54, 1.807) is 4.68 Å². The molecule has 0 radical (unpaired) electrons. The molecule has 0 N–H and O–H groups in total. The van der Waals surface area contributed by atoms with Crippen molar-refractivity contribution in [1.29, 1.82) is 0 Å². The van der Waals surface area contributed by atoms with E-state index in [0.29, 0.717) is 12.1 Å². The fourth-order valence-corrected chi connectivity index (χ4v) is 1.96. The van der Waals surface area contributed by atoms with E-state index in [1.807, 2.05) is 33.9 Å². The summed E-state index contributed by atoms with van der Waals surface area (Å²) >= 11 is 0. The molecule has 0 saturated carbocycles. The highest BCUT2D eigenvalue weighted by Gasteiger charge is 2.16. The molecular weight excluding hydrogens is 202 g/mol. The van der Waals surface area contributed by atoms with Crippen LogP contribution < -0.4 is 0 Å². The molecule has 0 amide bonds. The van der Waals surface area contributed by atoms with Crippen molar-refractivity contribution in [2.45, 2.75) is 27.2 Å². The van der Waals surface area contributed by atoms with Gasteiger partial charge in [0.25, 0.3) is 0 Å². The Labute approximate surface area is 94.3 Å². The van der Waals surface area contributed by atoms with Crippen molar-refractivity contribution < 1.29 is 4.79 Å². The molecule has 16 heavy (non-hydrogen) atoms. The van der Waals surface area contributed by atoms with Crippen LogP contribution in [0.1, 0.15) is 35.2 Å². The van der Waals surface area contributed by atoms with Crippen LogP contribution in [-0.4, -0.2) is 20.5 Å². The van der Waals surface area contributed by atoms with E-state index in [1.165, 1.54) is 0 Å². The molecule has 0 aliphatic rings. The Bertz CT molecular complexity index is 569. The van der Waals surface area contributed by atoms with Gasteiger partial charge in [-0.15, -0.1) is 0 Å². The largest absolute Gasteiger partial charge is 0.292 e. The van der Waals surface area contributed by atoms with Crippen LogP contribution in [0.4, 0.5) is 0 Å². The molecule has 0 atom stereocenters. The summed E-state index contributed by atoms with van der Waals surface area (Å²) in [5.41, 5.74) is 3.18. The standard InChI is InChI=1S/C12H15N3O/c1-5-10(16)11-12-9(6-7(2)13-11)8(3)14-15(12)4/h6H,5H2,1-4H3. The number of aryl methyl sites for hydroxylation is 3. The van der Waals surface area contributed by atoms with E-state index in [-0.39, 0.29) is 5.78 Å². The number of pyridine rings is 1. The highest BCUT2D eigenvalue weighted by molar-refractivity contribution is 6.05. The Kier molecular flexibility index (Phi) is 2.50. The van der Waals surface area contributed by atoms with Crippen molar-refractivity contribution in [2.24, 2.45) is 7.05 Å². The van der Waals surface area contributed by atoms with Crippen molar-refractivity contribution in [2.75, 3.05) is 0 Å². The summed E-state index contributed by atoms with van der Waals surface area (Å²) in [5.74, 6) is 0.0664. The Balaban J connectivity index is 2.86. The average molecular weight is 217 g/mol. The lowest BCUT2D eigenvalue weighted by Crippen LogP contribution is -2.05. The van der Waals surface area contributed by atoms with Crippen LogP contribution in [-0.2, 0) is 7.05 Å². The molecule has 2 heterocycles. The van der Waals surface area contributed by atoms with Crippen LogP contribution in [0, 0.1) is 13.8 Å². The maximum absolute atomic E-state index is 11.8. The van der Waals surface area contributed by atoms with E-state index in [0.717, 1.165) is 22.3 Å². The number of fused-ring (bicyclic) bond motifs is 1. The minimum absolute atomic E-state index is 0.0664. The molecular formula is C12H15N3O. The van der Waals surface area contributed by atoms with Gasteiger partial charge in [-0.25, -0.2) is 4.98 Å². The smallest absolute Gasteiger partial charge is 0.183 e. The fraction of sp³-hybridized carbons (Fsp3) is 0.417. The van der Waals surface area contributed by atoms with Gasteiger partial charge in [0.1, 0.15) is 5.69 Å². The van der Waals surface area contributed by atoms with E-state index >= 15 is 0 Å². The molecule has 4 heteroatoms. The molecule has 0 bridgehead atoms. The maximum Gasteiger partial charge on any atom is 0.183 e. The third kappa shape index (κ3) is 1.50. The minimum atomic E-state index is 0.0664. The molecule has 0 aliphatic heterocycles. The summed E-state index contributed by atoms with van der Waals surface area (Å²) in [6.07, 6.45) is 0.468. The number of aromatic nitrogens is 3. The summed E-state index contributed by atoms with van der Waals surface area (Å²) in [7, 11) is 1.85. The lowest BCUT2D eigenvalue weighted by molar-refractivity contribution is 0.0984. The third-order valence-electron chi connectivity index (χ3n) is 2.72. The van der Waals surface area contributed by atoms with Gasteiger partial charge in [-0.2, -0.15) is 5.10 Å². The van der Waals surface area contributed by atoms with Gasteiger partial charge in [0.2, 0.25) is 0 Å². The van der Waals surface area contributed by atoms with Gasteiger partial charge < -0.3 is 0 Å². The van der Waals surface area contributed by atoms with Gasteiger partial charge in [0.15, 0.2) is 5.78 Å². The monoisotopic (exact) mass is 217 g/mol. The quantitative estimate of drug-likeness (QED) is 0.724. The van der Waals surface area contributed by atoms with Crippen LogP contribution in [0.5, 0.6) is 0 Å². The average Bonchev–Trinajstić information content (AvgIpc) is 2.52. The number of Topliss-reactive ketones (excluding diaryl/α,β-unsaturated/α-hetero) is 1. The van der Waals surface area contributed by atoms with Gasteiger partial charge in [-0.1, -0.05) is 6.92 Å². The van der Waals surface area contributed by atoms with Gasteiger partial charge in [-0.05, 0) is 19.9 Å². The van der Waals surface area contributed by atoms with E-state index in [4.69, 9.17) is 0 Å². The summed E-state index contributed by atoms with van der Waals surface area (Å²) in [6, 6.07) is 1.98. The summed E-state index contributed by atoms with van der Waals surface area (Å²) in [6.45, 7) is 5.70. The molecule has 0 aromatic carbocycles. The molecule has 4 nitrogen and oxygen atoms in total. The first-order valence-electron chi connectivity index (χ1n) is 5.38. The zero-order chi connectivity index (χ0) is 11.9. The first-order valence-corrected chi connectivity index (χ1v) is 5.38. The number of nitrogens with zero attached hydrogens (tertiary/aromatic N) is 3. The van der Waals surface area contributed by atoms with Crippen LogP contribution in [0.15, 0.2) is 6.07 Å².